The van der Waals surface area contributed by atoms with Gasteiger partial charge in [0.2, 0.25) is 11.1 Å². The second-order valence-electron chi connectivity index (χ2n) is 6.71. The molecule has 14 heteroatoms. The first-order chi connectivity index (χ1) is 14.9. The number of thioether (sulfide) groups is 2. The van der Waals surface area contributed by atoms with E-state index < -0.39 is 23.0 Å². The minimum Gasteiger partial charge on any atom is -0.477 e. The fraction of sp³-hybridized carbons (Fsp3) is 0.412. The summed E-state index contributed by atoms with van der Waals surface area (Å²) in [5.74, 6) is -1.51. The maximum atomic E-state index is 13.1. The van der Waals surface area contributed by atoms with Gasteiger partial charge in [0.1, 0.15) is 11.1 Å². The van der Waals surface area contributed by atoms with Gasteiger partial charge in [0.15, 0.2) is 0 Å². The van der Waals surface area contributed by atoms with E-state index in [1.165, 1.54) is 51.6 Å². The number of aliphatic carboxylic acids is 1. The lowest BCUT2D eigenvalue weighted by Crippen LogP contribution is -2.80. The Kier molecular flexibility index (Phi) is 6.05. The third kappa shape index (κ3) is 3.84. The summed E-state index contributed by atoms with van der Waals surface area (Å²) in [5.41, 5.74) is -1.10. The maximum Gasteiger partial charge on any atom is 0.352 e. The monoisotopic (exact) mass is 482 g/mol. The maximum absolute atomic E-state index is 13.1. The third-order valence-corrected chi connectivity index (χ3v) is 8.18. The van der Waals surface area contributed by atoms with E-state index in [0.29, 0.717) is 22.2 Å². The predicted molar refractivity (Wildman–Crippen MR) is 113 cm³/mol. The molecule has 4 rings (SSSR count). The molecule has 2 N–H and O–H groups in total. The molecule has 0 aromatic carbocycles. The number of β-lactam (4-membered cyclic amide) rings is 1. The number of carbonyl (C=O) groups is 3. The molecular formula is C17H18N6O5S3. The van der Waals surface area contributed by atoms with E-state index in [9.17, 15) is 19.5 Å². The Morgan fingerprint density at radius 1 is 1.48 bits per heavy atom. The Morgan fingerprint density at radius 2 is 2.29 bits per heavy atom. The number of rotatable bonds is 8. The van der Waals surface area contributed by atoms with Crippen molar-refractivity contribution in [1.29, 1.82) is 0 Å². The summed E-state index contributed by atoms with van der Waals surface area (Å²) >= 11 is 4.07. The van der Waals surface area contributed by atoms with Crippen molar-refractivity contribution in [2.75, 3.05) is 18.6 Å². The largest absolute Gasteiger partial charge is 0.477 e. The second-order valence-corrected chi connectivity index (χ2v) is 9.76. The zero-order valence-corrected chi connectivity index (χ0v) is 18.9. The van der Waals surface area contributed by atoms with Gasteiger partial charge in [-0.1, -0.05) is 17.8 Å². The quantitative estimate of drug-likeness (QED) is 0.307. The first kappa shape index (κ1) is 21.8. The molecule has 2 aromatic rings. The van der Waals surface area contributed by atoms with E-state index in [1.807, 2.05) is 17.5 Å². The summed E-state index contributed by atoms with van der Waals surface area (Å²) in [6.07, 6.45) is 0.114. The van der Waals surface area contributed by atoms with E-state index in [1.54, 1.807) is 7.05 Å². The molecule has 2 amide bonds. The molecule has 11 nitrogen and oxygen atoms in total. The number of carboxylic acids is 1. The molecule has 2 aliphatic heterocycles. The SMILES string of the molecule is COC1(NC(=O)Cc2cccs2)C(=O)N2C(C(=O)O)=C(CSc3nnnn3C)CS[C@@H]21. The number of thiophene rings is 1. The minimum absolute atomic E-state index is 0.0865. The highest BCUT2D eigenvalue weighted by molar-refractivity contribution is 8.01. The Morgan fingerprint density at radius 3 is 2.90 bits per heavy atom. The normalized spacial score (nSPS) is 22.8. The smallest absolute Gasteiger partial charge is 0.352 e. The van der Waals surface area contributed by atoms with Gasteiger partial charge in [-0.2, -0.15) is 0 Å². The van der Waals surface area contributed by atoms with E-state index in [-0.39, 0.29) is 18.0 Å². The van der Waals surface area contributed by atoms with Crippen molar-refractivity contribution >= 4 is 52.6 Å². The lowest BCUT2D eigenvalue weighted by molar-refractivity contribution is -0.192. The van der Waals surface area contributed by atoms with Gasteiger partial charge in [0.25, 0.3) is 11.6 Å². The van der Waals surface area contributed by atoms with Gasteiger partial charge in [0.05, 0.1) is 6.42 Å². The average molecular weight is 483 g/mol. The third-order valence-electron chi connectivity index (χ3n) is 4.83. The van der Waals surface area contributed by atoms with Crippen LogP contribution in [-0.2, 0) is 32.6 Å². The highest BCUT2D eigenvalue weighted by atomic mass is 32.2. The number of carbonyl (C=O) groups excluding carboxylic acids is 2. The van der Waals surface area contributed by atoms with Crippen LogP contribution in [0, 0.1) is 0 Å². The van der Waals surface area contributed by atoms with Crippen LogP contribution in [0.15, 0.2) is 33.9 Å². The van der Waals surface area contributed by atoms with Crippen LogP contribution in [0.5, 0.6) is 0 Å². The molecule has 4 heterocycles. The van der Waals surface area contributed by atoms with Crippen LogP contribution in [0.25, 0.3) is 0 Å². The lowest BCUT2D eigenvalue weighted by Gasteiger charge is -2.55. The van der Waals surface area contributed by atoms with E-state index in [4.69, 9.17) is 4.74 Å². The fourth-order valence-corrected chi connectivity index (χ4v) is 6.50. The van der Waals surface area contributed by atoms with Gasteiger partial charge < -0.3 is 15.2 Å². The topological polar surface area (TPSA) is 140 Å². The van der Waals surface area contributed by atoms with Crippen LogP contribution in [-0.4, -0.2) is 77.7 Å². The molecular weight excluding hydrogens is 464 g/mol. The van der Waals surface area contributed by atoms with Crippen molar-refractivity contribution in [3.05, 3.63) is 33.7 Å². The van der Waals surface area contributed by atoms with Gasteiger partial charge in [-0.3, -0.25) is 14.5 Å². The van der Waals surface area contributed by atoms with E-state index >= 15 is 0 Å². The Balaban J connectivity index is 1.53. The van der Waals surface area contributed by atoms with Gasteiger partial charge >= 0.3 is 5.97 Å². The second kappa shape index (κ2) is 8.61. The summed E-state index contributed by atoms with van der Waals surface area (Å²) in [4.78, 5) is 39.7. The number of tetrazole rings is 1. The van der Waals surface area contributed by atoms with Crippen LogP contribution in [0.4, 0.5) is 0 Å². The predicted octanol–water partition coefficient (Wildman–Crippen LogP) is 0.319. The fourth-order valence-electron chi connectivity index (χ4n) is 3.37. The number of aryl methyl sites for hydroxylation is 1. The number of hydrogen-bond donors (Lipinski definition) is 2. The van der Waals surface area contributed by atoms with E-state index in [0.717, 1.165) is 4.88 Å². The van der Waals surface area contributed by atoms with E-state index in [2.05, 4.69) is 20.8 Å². The molecule has 0 saturated carbocycles. The number of carboxylic acid groups (broad SMARTS) is 1. The van der Waals surface area contributed by atoms with Crippen molar-refractivity contribution in [2.45, 2.75) is 22.7 Å². The number of nitrogens with zero attached hydrogens (tertiary/aromatic N) is 5. The van der Waals surface area contributed by atoms with Crippen LogP contribution in [0.3, 0.4) is 0 Å². The molecule has 1 fully saturated rings. The number of ether oxygens (including phenoxy) is 1. The zero-order valence-electron chi connectivity index (χ0n) is 16.5. The van der Waals surface area contributed by atoms with Crippen LogP contribution in [0.1, 0.15) is 4.88 Å². The van der Waals surface area contributed by atoms with Crippen molar-refractivity contribution in [3.8, 4) is 0 Å². The number of nitrogens with one attached hydrogen (secondary N) is 1. The first-order valence-electron chi connectivity index (χ1n) is 9.01. The van der Waals surface area contributed by atoms with Crippen LogP contribution < -0.4 is 5.32 Å². The molecule has 2 aliphatic rings. The molecule has 0 spiro atoms. The van der Waals surface area contributed by atoms with Crippen molar-refractivity contribution in [1.82, 2.24) is 30.4 Å². The van der Waals surface area contributed by atoms with Gasteiger partial charge in [-0.25, -0.2) is 9.48 Å². The summed E-state index contributed by atoms with van der Waals surface area (Å²) in [7, 11) is 3.02. The minimum atomic E-state index is -1.59. The highest BCUT2D eigenvalue weighted by Gasteiger charge is 2.66. The van der Waals surface area contributed by atoms with Crippen molar-refractivity contribution in [3.63, 3.8) is 0 Å². The summed E-state index contributed by atoms with van der Waals surface area (Å²) in [5, 5.41) is 25.4. The molecule has 0 radical (unpaired) electrons. The van der Waals surface area contributed by atoms with Crippen LogP contribution in [0.2, 0.25) is 0 Å². The lowest BCUT2D eigenvalue weighted by atomic mass is 9.98. The molecule has 0 bridgehead atoms. The van der Waals surface area contributed by atoms with Gasteiger partial charge in [0, 0.05) is 30.5 Å². The molecule has 1 saturated heterocycles. The standard InChI is InChI=1S/C17H18N6O5S3/c1-22-16(19-20-21-22)31-8-9-7-30-15-17(28-2,14(27)23(15)12(9)13(25)26)18-11(24)6-10-4-3-5-29-10/h3-5,15H,6-8H2,1-2H3,(H,18,24)(H,25,26)/t15-,17?/m1/s1. The van der Waals surface area contributed by atoms with Crippen molar-refractivity contribution < 1.29 is 24.2 Å². The molecule has 1 unspecified atom stereocenters. The number of fused-ring (bicyclic) bond motifs is 1. The van der Waals surface area contributed by atoms with Gasteiger partial charge in [-0.15, -0.1) is 28.2 Å². The first-order valence-corrected chi connectivity index (χ1v) is 11.9. The number of methoxy groups -OCH3 is 1. The number of aromatic nitrogens is 4. The van der Waals surface area contributed by atoms with Crippen LogP contribution >= 0.6 is 34.9 Å². The number of hydrogen-bond acceptors (Lipinski definition) is 10. The Hall–Kier alpha value is -2.42. The summed E-state index contributed by atoms with van der Waals surface area (Å²) < 4.78 is 6.94. The molecule has 2 atom stereocenters. The average Bonchev–Trinajstić information content (AvgIpc) is 3.40. The highest BCUT2D eigenvalue weighted by Crippen LogP contribution is 2.47. The summed E-state index contributed by atoms with van der Waals surface area (Å²) in [6.45, 7) is 0. The number of amides is 2. The van der Waals surface area contributed by atoms with Crippen molar-refractivity contribution in [2.24, 2.45) is 7.05 Å². The Labute approximate surface area is 189 Å². The molecule has 164 valence electrons. The molecule has 0 aliphatic carbocycles. The summed E-state index contributed by atoms with van der Waals surface area (Å²) in [6, 6.07) is 3.67. The van der Waals surface area contributed by atoms with Gasteiger partial charge in [-0.05, 0) is 27.4 Å². The zero-order chi connectivity index (χ0) is 22.2. The molecule has 2 aromatic heterocycles. The Bertz CT molecular complexity index is 1050. The molecule has 31 heavy (non-hydrogen) atoms.